The minimum atomic E-state index is -0.876. The summed E-state index contributed by atoms with van der Waals surface area (Å²) in [5.74, 6) is -0.162. The van der Waals surface area contributed by atoms with Crippen LogP contribution in [0.1, 0.15) is 42.4 Å². The number of benzene rings is 1. The molecule has 2 rings (SSSR count). The Morgan fingerprint density at radius 1 is 1.24 bits per heavy atom. The van der Waals surface area contributed by atoms with Gasteiger partial charge in [-0.1, -0.05) is 35.7 Å². The number of nitrogens with zero attached hydrogens (tertiary/aromatic N) is 1. The number of hydrogen-bond acceptors (Lipinski definition) is 3. The Hall–Kier alpha value is -2.04. The van der Waals surface area contributed by atoms with Gasteiger partial charge in [-0.25, -0.2) is 0 Å². The number of amidine groups is 1. The van der Waals surface area contributed by atoms with Crippen LogP contribution in [0.3, 0.4) is 0 Å². The summed E-state index contributed by atoms with van der Waals surface area (Å²) in [6.07, 6.45) is 3.07. The molecule has 1 aliphatic carbocycles. The molecule has 0 saturated heterocycles. The molecule has 0 radical (unpaired) electrons. The van der Waals surface area contributed by atoms with Crippen molar-refractivity contribution in [2.75, 3.05) is 5.32 Å². The molecule has 4 N–H and O–H groups in total. The second-order valence-corrected chi connectivity index (χ2v) is 6.00. The van der Waals surface area contributed by atoms with Crippen LogP contribution in [0.4, 0.5) is 5.69 Å². The lowest BCUT2D eigenvalue weighted by Gasteiger charge is -2.27. The Balaban J connectivity index is 2.33. The molecule has 1 amide bonds. The van der Waals surface area contributed by atoms with Crippen LogP contribution in [0.15, 0.2) is 17.3 Å². The number of nitrogens with two attached hydrogens (primary N) is 1. The van der Waals surface area contributed by atoms with E-state index in [1.165, 1.54) is 0 Å². The van der Waals surface area contributed by atoms with Gasteiger partial charge in [-0.2, -0.15) is 0 Å². The van der Waals surface area contributed by atoms with Crippen molar-refractivity contribution in [2.24, 2.45) is 16.3 Å². The third-order valence-corrected chi connectivity index (χ3v) is 4.41. The van der Waals surface area contributed by atoms with E-state index in [0.717, 1.165) is 35.2 Å². The molecule has 5 nitrogen and oxygen atoms in total. The number of hydrogen-bond donors (Lipinski definition) is 3. The summed E-state index contributed by atoms with van der Waals surface area (Å²) < 4.78 is 0. The fourth-order valence-electron chi connectivity index (χ4n) is 3.28. The molecule has 0 spiro atoms. The lowest BCUT2D eigenvalue weighted by molar-refractivity contribution is -0.122. The summed E-state index contributed by atoms with van der Waals surface area (Å²) in [6.45, 7) is 5.97. The van der Waals surface area contributed by atoms with E-state index in [1.807, 2.05) is 32.9 Å². The van der Waals surface area contributed by atoms with Crippen molar-refractivity contribution < 1.29 is 10.0 Å². The zero-order chi connectivity index (χ0) is 15.6. The molecule has 0 aliphatic heterocycles. The zero-order valence-electron chi connectivity index (χ0n) is 12.9. The van der Waals surface area contributed by atoms with Crippen molar-refractivity contribution in [3.8, 4) is 0 Å². The van der Waals surface area contributed by atoms with Gasteiger partial charge in [0.2, 0.25) is 5.91 Å². The molecule has 1 saturated carbocycles. The Labute approximate surface area is 125 Å². The molecule has 0 aromatic heterocycles. The molecule has 0 bridgehead atoms. The van der Waals surface area contributed by atoms with Gasteiger partial charge in [0, 0.05) is 5.69 Å². The van der Waals surface area contributed by atoms with E-state index >= 15 is 0 Å². The Bertz CT molecular complexity index is 564. The fraction of sp³-hybridized carbons (Fsp3) is 0.500. The first-order chi connectivity index (χ1) is 9.90. The number of aryl methyl sites for hydroxylation is 3. The lowest BCUT2D eigenvalue weighted by atomic mass is 9.83. The molecule has 5 heteroatoms. The van der Waals surface area contributed by atoms with Crippen molar-refractivity contribution in [2.45, 2.75) is 46.5 Å². The van der Waals surface area contributed by atoms with E-state index in [2.05, 4.69) is 10.5 Å². The van der Waals surface area contributed by atoms with Crippen LogP contribution in [-0.2, 0) is 4.79 Å². The number of rotatable bonds is 3. The van der Waals surface area contributed by atoms with Gasteiger partial charge < -0.3 is 16.3 Å². The largest absolute Gasteiger partial charge is 0.409 e. The third kappa shape index (κ3) is 2.73. The van der Waals surface area contributed by atoms with E-state index in [4.69, 9.17) is 10.9 Å². The highest BCUT2D eigenvalue weighted by Crippen LogP contribution is 2.40. The standard InChI is InChI=1S/C16H23N3O2/c1-10-8-11(2)13(12(3)9-10)18-15(20)16(14(17)19-21)6-4-5-7-16/h8-9,21H,4-7H2,1-3H3,(H2,17,19)(H,18,20). The summed E-state index contributed by atoms with van der Waals surface area (Å²) in [6, 6.07) is 4.07. The maximum atomic E-state index is 12.7. The third-order valence-electron chi connectivity index (χ3n) is 4.41. The second-order valence-electron chi connectivity index (χ2n) is 6.00. The summed E-state index contributed by atoms with van der Waals surface area (Å²) in [5.41, 5.74) is 8.96. The van der Waals surface area contributed by atoms with Crippen molar-refractivity contribution in [1.29, 1.82) is 0 Å². The van der Waals surface area contributed by atoms with Gasteiger partial charge in [-0.3, -0.25) is 4.79 Å². The van der Waals surface area contributed by atoms with Gasteiger partial charge in [0.1, 0.15) is 5.41 Å². The highest BCUT2D eigenvalue weighted by Gasteiger charge is 2.45. The molecule has 0 unspecified atom stereocenters. The number of oxime groups is 1. The van der Waals surface area contributed by atoms with E-state index in [1.54, 1.807) is 0 Å². The molecule has 114 valence electrons. The molecule has 1 aliphatic rings. The van der Waals surface area contributed by atoms with Crippen LogP contribution >= 0.6 is 0 Å². The normalized spacial score (nSPS) is 17.8. The van der Waals surface area contributed by atoms with Gasteiger partial charge in [0.05, 0.1) is 0 Å². The number of nitrogens with one attached hydrogen (secondary N) is 1. The van der Waals surface area contributed by atoms with E-state index < -0.39 is 5.41 Å². The number of amides is 1. The highest BCUT2D eigenvalue weighted by atomic mass is 16.4. The van der Waals surface area contributed by atoms with E-state index in [0.29, 0.717) is 12.8 Å². The van der Waals surface area contributed by atoms with Gasteiger partial charge in [0.15, 0.2) is 5.84 Å². The molecule has 0 heterocycles. The van der Waals surface area contributed by atoms with Crippen molar-refractivity contribution >= 4 is 17.4 Å². The first-order valence-electron chi connectivity index (χ1n) is 7.28. The van der Waals surface area contributed by atoms with E-state index in [9.17, 15) is 4.79 Å². The fourth-order valence-corrected chi connectivity index (χ4v) is 3.28. The lowest BCUT2D eigenvalue weighted by Crippen LogP contribution is -2.45. The molecule has 21 heavy (non-hydrogen) atoms. The summed E-state index contributed by atoms with van der Waals surface area (Å²) in [7, 11) is 0. The van der Waals surface area contributed by atoms with Crippen molar-refractivity contribution in [1.82, 2.24) is 0 Å². The minimum absolute atomic E-state index is 0.0138. The van der Waals surface area contributed by atoms with Crippen LogP contribution in [0, 0.1) is 26.2 Å². The predicted octanol–water partition coefficient (Wildman–Crippen LogP) is 2.86. The molecule has 1 aromatic carbocycles. The maximum Gasteiger partial charge on any atom is 0.238 e. The van der Waals surface area contributed by atoms with Crippen molar-refractivity contribution in [3.05, 3.63) is 28.8 Å². The minimum Gasteiger partial charge on any atom is -0.409 e. The molecule has 1 aromatic rings. The molecule has 1 fully saturated rings. The van der Waals surface area contributed by atoms with Crippen LogP contribution < -0.4 is 11.1 Å². The monoisotopic (exact) mass is 289 g/mol. The zero-order valence-corrected chi connectivity index (χ0v) is 12.9. The summed E-state index contributed by atoms with van der Waals surface area (Å²) in [4.78, 5) is 12.7. The van der Waals surface area contributed by atoms with Gasteiger partial charge in [-0.15, -0.1) is 0 Å². The van der Waals surface area contributed by atoms with Crippen molar-refractivity contribution in [3.63, 3.8) is 0 Å². The van der Waals surface area contributed by atoms with E-state index in [-0.39, 0.29) is 11.7 Å². The summed E-state index contributed by atoms with van der Waals surface area (Å²) >= 11 is 0. The van der Waals surface area contributed by atoms with Gasteiger partial charge in [-0.05, 0) is 44.7 Å². The second kappa shape index (κ2) is 5.76. The van der Waals surface area contributed by atoms with Crippen LogP contribution in [0.25, 0.3) is 0 Å². The topological polar surface area (TPSA) is 87.7 Å². The maximum absolute atomic E-state index is 12.7. The van der Waals surface area contributed by atoms with Crippen LogP contribution in [0.5, 0.6) is 0 Å². The smallest absolute Gasteiger partial charge is 0.238 e. The molecular formula is C16H23N3O2. The first-order valence-corrected chi connectivity index (χ1v) is 7.28. The number of carbonyl (C=O) groups excluding carboxylic acids is 1. The Morgan fingerprint density at radius 2 is 1.76 bits per heavy atom. The number of anilines is 1. The SMILES string of the molecule is Cc1cc(C)c(NC(=O)C2(C(N)=NO)CCCC2)c(C)c1. The van der Waals surface area contributed by atoms with Crippen LogP contribution in [0.2, 0.25) is 0 Å². The molecule has 0 atom stereocenters. The van der Waals surface area contributed by atoms with Crippen LogP contribution in [-0.4, -0.2) is 17.0 Å². The quantitative estimate of drug-likeness (QED) is 0.346. The van der Waals surface area contributed by atoms with Gasteiger partial charge >= 0.3 is 0 Å². The average molecular weight is 289 g/mol. The predicted molar refractivity (Wildman–Crippen MR) is 83.6 cm³/mol. The Morgan fingerprint density at radius 3 is 2.24 bits per heavy atom. The highest BCUT2D eigenvalue weighted by molar-refractivity contribution is 6.12. The first kappa shape index (κ1) is 15.4. The number of carbonyl (C=O) groups is 1. The molecular weight excluding hydrogens is 266 g/mol. The van der Waals surface area contributed by atoms with Gasteiger partial charge in [0.25, 0.3) is 0 Å². The average Bonchev–Trinajstić information content (AvgIpc) is 2.92. The Kier molecular flexibility index (Phi) is 4.21. The summed E-state index contributed by atoms with van der Waals surface area (Å²) in [5, 5.41) is 15.1.